The highest BCUT2D eigenvalue weighted by atomic mass is 16.5. The number of nitrogens with zero attached hydrogens (tertiary/aromatic N) is 3. The van der Waals surface area contributed by atoms with Gasteiger partial charge in [0.15, 0.2) is 6.61 Å². The fourth-order valence-electron chi connectivity index (χ4n) is 2.52. The van der Waals surface area contributed by atoms with Crippen LogP contribution in [-0.4, -0.2) is 42.0 Å². The molecule has 0 aliphatic heterocycles. The number of likely N-dealkylation sites (N-methyl/N-ethyl adjacent to an activating group) is 1. The summed E-state index contributed by atoms with van der Waals surface area (Å²) in [5.74, 6) is -0.536. The van der Waals surface area contributed by atoms with Crippen molar-refractivity contribution in [1.29, 1.82) is 0 Å². The molecule has 0 unspecified atom stereocenters. The van der Waals surface area contributed by atoms with Gasteiger partial charge in [0.1, 0.15) is 6.54 Å². The van der Waals surface area contributed by atoms with Crippen LogP contribution in [0.1, 0.15) is 0 Å². The largest absolute Gasteiger partial charge is 0.454 e. The van der Waals surface area contributed by atoms with Gasteiger partial charge >= 0.3 is 5.97 Å². The Hall–Kier alpha value is -3.74. The zero-order valence-corrected chi connectivity index (χ0v) is 15.4. The van der Waals surface area contributed by atoms with Crippen LogP contribution >= 0.6 is 0 Å². The van der Waals surface area contributed by atoms with Crippen LogP contribution in [0.3, 0.4) is 0 Å². The molecule has 3 rings (SSSR count). The minimum absolute atomic E-state index is 0.0525. The predicted molar refractivity (Wildman–Crippen MR) is 107 cm³/mol. The first-order valence-corrected chi connectivity index (χ1v) is 8.71. The summed E-state index contributed by atoms with van der Waals surface area (Å²) in [7, 11) is 1.67. The summed E-state index contributed by atoms with van der Waals surface area (Å²) >= 11 is 0. The number of ether oxygens (including phenoxy) is 1. The summed E-state index contributed by atoms with van der Waals surface area (Å²) in [6.07, 6.45) is 3.17. The lowest BCUT2D eigenvalue weighted by Crippen LogP contribution is -2.30. The number of nitrogens with one attached hydrogen (secondary N) is 1. The topological polar surface area (TPSA) is 84.4 Å². The molecular weight excluding hydrogens is 356 g/mol. The highest BCUT2D eigenvalue weighted by Gasteiger charge is 2.12. The van der Waals surface area contributed by atoms with Crippen LogP contribution in [0, 0.1) is 0 Å². The van der Waals surface area contributed by atoms with E-state index >= 15 is 0 Å². The molecule has 0 fully saturated rings. The molecule has 0 atom stereocenters. The van der Waals surface area contributed by atoms with E-state index in [4.69, 9.17) is 4.74 Å². The number of amides is 1. The van der Waals surface area contributed by atoms with Gasteiger partial charge in [0.05, 0.1) is 0 Å². The van der Waals surface area contributed by atoms with Crippen LogP contribution in [0.25, 0.3) is 11.1 Å². The number of anilines is 2. The van der Waals surface area contributed by atoms with Gasteiger partial charge in [-0.15, -0.1) is 0 Å². The maximum atomic E-state index is 12.0. The monoisotopic (exact) mass is 376 g/mol. The number of aromatic nitrogens is 2. The molecule has 1 aromatic heterocycles. The van der Waals surface area contributed by atoms with Gasteiger partial charge in [-0.05, 0) is 29.3 Å². The molecule has 1 amide bonds. The molecule has 28 heavy (non-hydrogen) atoms. The van der Waals surface area contributed by atoms with Gasteiger partial charge in [0.2, 0.25) is 5.95 Å². The third-order valence-corrected chi connectivity index (χ3v) is 3.90. The Bertz CT molecular complexity index is 915. The average Bonchev–Trinajstić information content (AvgIpc) is 2.74. The molecule has 2 aromatic carbocycles. The molecule has 0 aliphatic rings. The smallest absolute Gasteiger partial charge is 0.326 e. The number of benzene rings is 2. The SMILES string of the molecule is CN(CC(=O)OCC(=O)Nc1ccc(-c2ccccc2)cc1)c1ncccn1. The third-order valence-electron chi connectivity index (χ3n) is 3.90. The Morgan fingerprint density at radius 2 is 1.57 bits per heavy atom. The highest BCUT2D eigenvalue weighted by molar-refractivity contribution is 5.93. The number of hydrogen-bond acceptors (Lipinski definition) is 6. The number of carbonyl (C=O) groups is 2. The molecule has 0 bridgehead atoms. The molecule has 7 nitrogen and oxygen atoms in total. The van der Waals surface area contributed by atoms with Gasteiger partial charge in [-0.1, -0.05) is 42.5 Å². The van der Waals surface area contributed by atoms with E-state index in [0.717, 1.165) is 11.1 Å². The minimum Gasteiger partial charge on any atom is -0.454 e. The van der Waals surface area contributed by atoms with Crippen LogP contribution in [0.15, 0.2) is 73.1 Å². The number of rotatable bonds is 7. The molecular formula is C21H20N4O3. The first kappa shape index (κ1) is 19.0. The van der Waals surface area contributed by atoms with E-state index in [1.54, 1.807) is 30.4 Å². The normalized spacial score (nSPS) is 10.2. The lowest BCUT2D eigenvalue weighted by atomic mass is 10.1. The standard InChI is InChI=1S/C21H20N4O3/c1-25(21-22-12-5-13-23-21)14-20(27)28-15-19(26)24-18-10-8-17(9-11-18)16-6-3-2-4-7-16/h2-13H,14-15H2,1H3,(H,24,26). The van der Waals surface area contributed by atoms with Crippen LogP contribution < -0.4 is 10.2 Å². The van der Waals surface area contributed by atoms with Crippen LogP contribution in [0.2, 0.25) is 0 Å². The molecule has 7 heteroatoms. The van der Waals surface area contributed by atoms with Crippen molar-refractivity contribution in [3.05, 3.63) is 73.1 Å². The van der Waals surface area contributed by atoms with Gasteiger partial charge in [-0.2, -0.15) is 0 Å². The van der Waals surface area contributed by atoms with Crippen LogP contribution in [0.5, 0.6) is 0 Å². The Labute approximate surface area is 163 Å². The van der Waals surface area contributed by atoms with Gasteiger partial charge in [0, 0.05) is 25.1 Å². The van der Waals surface area contributed by atoms with E-state index in [2.05, 4.69) is 15.3 Å². The Morgan fingerprint density at radius 3 is 2.25 bits per heavy atom. The molecule has 1 heterocycles. The Morgan fingerprint density at radius 1 is 0.929 bits per heavy atom. The maximum absolute atomic E-state index is 12.0. The zero-order chi connectivity index (χ0) is 19.8. The second-order valence-corrected chi connectivity index (χ2v) is 6.06. The zero-order valence-electron chi connectivity index (χ0n) is 15.4. The lowest BCUT2D eigenvalue weighted by molar-refractivity contribution is -0.145. The van der Waals surface area contributed by atoms with E-state index in [0.29, 0.717) is 11.6 Å². The first-order chi connectivity index (χ1) is 13.6. The van der Waals surface area contributed by atoms with E-state index in [9.17, 15) is 9.59 Å². The molecule has 1 N–H and O–H groups in total. The maximum Gasteiger partial charge on any atom is 0.326 e. The van der Waals surface area contributed by atoms with E-state index in [-0.39, 0.29) is 13.2 Å². The number of esters is 1. The number of hydrogen-bond donors (Lipinski definition) is 1. The fraction of sp³-hybridized carbons (Fsp3) is 0.143. The molecule has 0 saturated heterocycles. The van der Waals surface area contributed by atoms with Crippen LogP contribution in [0.4, 0.5) is 11.6 Å². The summed E-state index contributed by atoms with van der Waals surface area (Å²) in [6.45, 7) is -0.411. The van der Waals surface area contributed by atoms with Crippen molar-refractivity contribution >= 4 is 23.5 Å². The van der Waals surface area contributed by atoms with Gasteiger partial charge < -0.3 is 15.0 Å². The first-order valence-electron chi connectivity index (χ1n) is 8.71. The van der Waals surface area contributed by atoms with Gasteiger partial charge in [-0.25, -0.2) is 9.97 Å². The van der Waals surface area contributed by atoms with Crippen molar-refractivity contribution in [1.82, 2.24) is 9.97 Å². The summed E-state index contributed by atoms with van der Waals surface area (Å²) in [6, 6.07) is 19.1. The van der Waals surface area contributed by atoms with Gasteiger partial charge in [-0.3, -0.25) is 9.59 Å². The van der Waals surface area contributed by atoms with Crippen molar-refractivity contribution in [2.24, 2.45) is 0 Å². The van der Waals surface area contributed by atoms with Crippen LogP contribution in [-0.2, 0) is 14.3 Å². The molecule has 0 radical (unpaired) electrons. The Balaban J connectivity index is 1.46. The Kier molecular flexibility index (Phi) is 6.30. The van der Waals surface area contributed by atoms with Crippen molar-refractivity contribution < 1.29 is 14.3 Å². The van der Waals surface area contributed by atoms with E-state index < -0.39 is 11.9 Å². The average molecular weight is 376 g/mol. The second-order valence-electron chi connectivity index (χ2n) is 6.06. The number of carbonyl (C=O) groups excluding carboxylic acids is 2. The van der Waals surface area contributed by atoms with E-state index in [1.807, 2.05) is 54.6 Å². The molecule has 142 valence electrons. The summed E-state index contributed by atoms with van der Waals surface area (Å²) < 4.78 is 5.01. The fourth-order valence-corrected chi connectivity index (χ4v) is 2.52. The van der Waals surface area contributed by atoms with Gasteiger partial charge in [0.25, 0.3) is 5.91 Å². The highest BCUT2D eigenvalue weighted by Crippen LogP contribution is 2.20. The van der Waals surface area contributed by atoms with Crippen molar-refractivity contribution in [3.8, 4) is 11.1 Å². The van der Waals surface area contributed by atoms with Crippen molar-refractivity contribution in [2.45, 2.75) is 0 Å². The summed E-state index contributed by atoms with van der Waals surface area (Å²) in [5.41, 5.74) is 2.78. The molecule has 3 aromatic rings. The van der Waals surface area contributed by atoms with Crippen molar-refractivity contribution in [3.63, 3.8) is 0 Å². The summed E-state index contributed by atoms with van der Waals surface area (Å²) in [4.78, 5) is 33.5. The van der Waals surface area contributed by atoms with Crippen molar-refractivity contribution in [2.75, 3.05) is 30.4 Å². The molecule has 0 saturated carbocycles. The summed E-state index contributed by atoms with van der Waals surface area (Å²) in [5, 5.41) is 2.71. The second kappa shape index (κ2) is 9.27. The minimum atomic E-state index is -0.537. The predicted octanol–water partition coefficient (Wildman–Crippen LogP) is 2.76. The lowest BCUT2D eigenvalue weighted by Gasteiger charge is -2.15. The third kappa shape index (κ3) is 5.38. The quantitative estimate of drug-likeness (QED) is 0.639. The molecule has 0 spiro atoms. The van der Waals surface area contributed by atoms with E-state index in [1.165, 1.54) is 0 Å². The molecule has 0 aliphatic carbocycles.